The average Bonchev–Trinajstić information content (AvgIpc) is 2.71. The fourth-order valence-corrected chi connectivity index (χ4v) is 6.79. The average molecular weight is 583 g/mol. The summed E-state index contributed by atoms with van der Waals surface area (Å²) in [6.07, 6.45) is 10.6. The summed E-state index contributed by atoms with van der Waals surface area (Å²) in [5, 5.41) is 0.404. The van der Waals surface area contributed by atoms with E-state index in [1.54, 1.807) is 0 Å². The van der Waals surface area contributed by atoms with Gasteiger partial charge in [-0.15, -0.1) is 0 Å². The van der Waals surface area contributed by atoms with E-state index in [-0.39, 0.29) is 27.3 Å². The fourth-order valence-electron chi connectivity index (χ4n) is 3.07. The Labute approximate surface area is 242 Å². The molecule has 0 aromatic rings. The minimum Gasteiger partial charge on any atom is -0.414 e. The lowest BCUT2D eigenvalue weighted by atomic mass is 10.0. The molecule has 0 bridgehead atoms. The Bertz CT molecular complexity index is 816. The van der Waals surface area contributed by atoms with Crippen molar-refractivity contribution in [2.45, 2.75) is 163 Å². The van der Waals surface area contributed by atoms with Crippen molar-refractivity contribution in [2.24, 2.45) is 0 Å². The molecule has 0 spiro atoms. The Morgan fingerprint density at radius 1 is 0.684 bits per heavy atom. The molecule has 6 heteroatoms. The summed E-state index contributed by atoms with van der Waals surface area (Å²) in [6, 6.07) is 0. The lowest BCUT2D eigenvalue weighted by Crippen LogP contribution is -2.54. The minimum atomic E-state index is -2.05. The first-order chi connectivity index (χ1) is 16.8. The van der Waals surface area contributed by atoms with E-state index in [0.29, 0.717) is 6.61 Å². The predicted molar refractivity (Wildman–Crippen MR) is 179 cm³/mol. The van der Waals surface area contributed by atoms with Crippen LogP contribution >= 0.6 is 0 Å². The maximum absolute atomic E-state index is 7.20. The van der Waals surface area contributed by atoms with Gasteiger partial charge in [0.05, 0.1) is 18.8 Å². The van der Waals surface area contributed by atoms with Crippen molar-refractivity contribution >= 4 is 25.0 Å². The van der Waals surface area contributed by atoms with Gasteiger partial charge in [-0.2, -0.15) is 0 Å². The summed E-state index contributed by atoms with van der Waals surface area (Å²) in [4.78, 5) is 0. The van der Waals surface area contributed by atoms with Crippen LogP contribution in [0.2, 0.25) is 54.4 Å². The van der Waals surface area contributed by atoms with Crippen LogP contribution in [-0.4, -0.2) is 43.8 Å². The Morgan fingerprint density at radius 3 is 1.50 bits per heavy atom. The SMILES string of the molecule is C/C=C(C)/C=C/C=C(\C)CC[C@@H](O[Si](C)(C)C(C)(C)C)[C@H](CO[Si](C)(C)C(C)(C)C)O[Si](C)(C)C(C)(C)C. The molecule has 0 saturated carbocycles. The molecule has 0 saturated heterocycles. The number of allylic oxidation sites excluding steroid dienone is 6. The smallest absolute Gasteiger partial charge is 0.192 e. The topological polar surface area (TPSA) is 27.7 Å². The predicted octanol–water partition coefficient (Wildman–Crippen LogP) is 11.0. The molecule has 0 heterocycles. The minimum absolute atomic E-state index is 0.000566. The molecule has 224 valence electrons. The molecular formula is C32H66O3Si3. The molecule has 0 amide bonds. The van der Waals surface area contributed by atoms with Crippen LogP contribution in [0.3, 0.4) is 0 Å². The van der Waals surface area contributed by atoms with Crippen molar-refractivity contribution in [3.8, 4) is 0 Å². The maximum atomic E-state index is 7.20. The highest BCUT2D eigenvalue weighted by atomic mass is 28.4. The van der Waals surface area contributed by atoms with Crippen LogP contribution in [0.4, 0.5) is 0 Å². The third kappa shape index (κ3) is 12.1. The van der Waals surface area contributed by atoms with Crippen LogP contribution in [-0.2, 0) is 13.3 Å². The molecule has 0 aliphatic rings. The molecule has 0 unspecified atom stereocenters. The van der Waals surface area contributed by atoms with Gasteiger partial charge in [0.25, 0.3) is 0 Å². The Hall–Kier alpha value is -0.249. The Balaban J connectivity index is 6.38. The summed E-state index contributed by atoms with van der Waals surface area (Å²) in [7, 11) is -6.02. The van der Waals surface area contributed by atoms with Gasteiger partial charge < -0.3 is 13.3 Å². The summed E-state index contributed by atoms with van der Waals surface area (Å²) in [5.74, 6) is 0. The number of hydrogen-bond acceptors (Lipinski definition) is 3. The van der Waals surface area contributed by atoms with Crippen LogP contribution in [0.15, 0.2) is 35.5 Å². The first-order valence-electron chi connectivity index (χ1n) is 14.7. The zero-order valence-corrected chi connectivity index (χ0v) is 31.8. The monoisotopic (exact) mass is 582 g/mol. The van der Waals surface area contributed by atoms with Gasteiger partial charge >= 0.3 is 0 Å². The molecule has 0 fully saturated rings. The summed E-state index contributed by atoms with van der Waals surface area (Å²) < 4.78 is 21.2. The quantitative estimate of drug-likeness (QED) is 0.160. The third-order valence-electron chi connectivity index (χ3n) is 9.35. The summed E-state index contributed by atoms with van der Waals surface area (Å²) >= 11 is 0. The van der Waals surface area contributed by atoms with Crippen LogP contribution in [0.1, 0.15) is 95.9 Å². The van der Waals surface area contributed by atoms with E-state index in [1.807, 2.05) is 0 Å². The number of hydrogen-bond donors (Lipinski definition) is 0. The fraction of sp³-hybridized carbons (Fsp3) is 0.812. The molecule has 38 heavy (non-hydrogen) atoms. The summed E-state index contributed by atoms with van der Waals surface area (Å²) in [5.41, 5.74) is 2.64. The van der Waals surface area contributed by atoms with Gasteiger partial charge in [0.15, 0.2) is 25.0 Å². The zero-order chi connectivity index (χ0) is 30.4. The van der Waals surface area contributed by atoms with Crippen LogP contribution in [0.25, 0.3) is 0 Å². The molecule has 3 nitrogen and oxygen atoms in total. The van der Waals surface area contributed by atoms with Crippen molar-refractivity contribution in [3.05, 3.63) is 35.5 Å². The summed E-state index contributed by atoms with van der Waals surface area (Å²) in [6.45, 7) is 42.0. The van der Waals surface area contributed by atoms with Gasteiger partial charge in [-0.25, -0.2) is 0 Å². The second kappa shape index (κ2) is 14.1. The van der Waals surface area contributed by atoms with Gasteiger partial charge in [0, 0.05) is 0 Å². The molecule has 0 radical (unpaired) electrons. The zero-order valence-electron chi connectivity index (χ0n) is 28.8. The molecule has 0 aliphatic carbocycles. The first-order valence-corrected chi connectivity index (χ1v) is 23.5. The molecule has 0 aromatic carbocycles. The van der Waals surface area contributed by atoms with Gasteiger partial charge in [-0.05, 0) is 88.0 Å². The molecule has 2 atom stereocenters. The molecule has 0 rings (SSSR count). The molecule has 0 aromatic heterocycles. The van der Waals surface area contributed by atoms with Gasteiger partial charge in [0.2, 0.25) is 0 Å². The van der Waals surface area contributed by atoms with E-state index < -0.39 is 25.0 Å². The van der Waals surface area contributed by atoms with E-state index in [0.717, 1.165) is 12.8 Å². The van der Waals surface area contributed by atoms with Gasteiger partial charge in [0.1, 0.15) is 0 Å². The van der Waals surface area contributed by atoms with Gasteiger partial charge in [-0.1, -0.05) is 97.8 Å². The standard InChI is InChI=1S/C32H66O3Si3/c1-19-26(2)21-20-22-27(3)23-24-28(34-37(15,16)31(7,8)9)29(35-38(17,18)32(10,11)12)25-33-36(13,14)30(4,5)6/h19-22,28-29H,23-25H2,1-18H3/b21-20+,26-19+,27-22+/t28-,29+/m1/s1. The first kappa shape index (κ1) is 37.8. The lowest BCUT2D eigenvalue weighted by Gasteiger charge is -2.46. The van der Waals surface area contributed by atoms with E-state index >= 15 is 0 Å². The molecule has 0 aliphatic heterocycles. The van der Waals surface area contributed by atoms with Crippen molar-refractivity contribution < 1.29 is 13.3 Å². The third-order valence-corrected chi connectivity index (χ3v) is 22.9. The van der Waals surface area contributed by atoms with E-state index in [2.05, 4.69) is 147 Å². The number of rotatable bonds is 13. The largest absolute Gasteiger partial charge is 0.414 e. The van der Waals surface area contributed by atoms with Gasteiger partial charge in [-0.3, -0.25) is 0 Å². The van der Waals surface area contributed by atoms with E-state index in [9.17, 15) is 0 Å². The Kier molecular flexibility index (Phi) is 14.0. The normalized spacial score (nSPS) is 17.3. The Morgan fingerprint density at radius 2 is 1.11 bits per heavy atom. The molecule has 0 N–H and O–H groups in total. The molecular weight excluding hydrogens is 517 g/mol. The highest BCUT2D eigenvalue weighted by Gasteiger charge is 2.46. The van der Waals surface area contributed by atoms with Crippen molar-refractivity contribution in [3.63, 3.8) is 0 Å². The van der Waals surface area contributed by atoms with E-state index in [1.165, 1.54) is 11.1 Å². The van der Waals surface area contributed by atoms with Crippen molar-refractivity contribution in [1.82, 2.24) is 0 Å². The second-order valence-corrected chi connectivity index (χ2v) is 30.2. The highest BCUT2D eigenvalue weighted by Crippen LogP contribution is 2.42. The maximum Gasteiger partial charge on any atom is 0.192 e. The van der Waals surface area contributed by atoms with Crippen molar-refractivity contribution in [1.29, 1.82) is 0 Å². The highest BCUT2D eigenvalue weighted by molar-refractivity contribution is 6.75. The van der Waals surface area contributed by atoms with E-state index in [4.69, 9.17) is 13.3 Å². The van der Waals surface area contributed by atoms with Crippen LogP contribution in [0, 0.1) is 0 Å². The lowest BCUT2D eigenvalue weighted by molar-refractivity contribution is 0.000231. The van der Waals surface area contributed by atoms with Crippen LogP contribution < -0.4 is 0 Å². The second-order valence-electron chi connectivity index (χ2n) is 15.8. The van der Waals surface area contributed by atoms with Crippen molar-refractivity contribution in [2.75, 3.05) is 6.61 Å². The van der Waals surface area contributed by atoms with Crippen LogP contribution in [0.5, 0.6) is 0 Å².